The molecule has 2 aliphatic heterocycles. The minimum atomic E-state index is -0.202. The number of hydrogen-bond acceptors (Lipinski definition) is 5. The summed E-state index contributed by atoms with van der Waals surface area (Å²) in [6.07, 6.45) is 5.94. The van der Waals surface area contributed by atoms with Gasteiger partial charge >= 0.3 is 0 Å². The van der Waals surface area contributed by atoms with E-state index in [1.54, 1.807) is 35.8 Å². The van der Waals surface area contributed by atoms with Crippen molar-refractivity contribution < 1.29 is 4.39 Å². The third-order valence-electron chi connectivity index (χ3n) is 2.99. The van der Waals surface area contributed by atoms with Crippen molar-refractivity contribution in [3.63, 3.8) is 0 Å². The Balaban J connectivity index is 1.70. The van der Waals surface area contributed by atoms with E-state index < -0.39 is 0 Å². The Hall–Kier alpha value is -1.24. The van der Waals surface area contributed by atoms with Gasteiger partial charge in [-0.15, -0.1) is 0 Å². The summed E-state index contributed by atoms with van der Waals surface area (Å²) in [6.45, 7) is 2.06. The van der Waals surface area contributed by atoms with Gasteiger partial charge < -0.3 is 5.73 Å². The lowest BCUT2D eigenvalue weighted by atomic mass is 10.2. The molecule has 0 bridgehead atoms. The minimum absolute atomic E-state index is 0.158. The van der Waals surface area contributed by atoms with Gasteiger partial charge in [0.05, 0.1) is 10.6 Å². The van der Waals surface area contributed by atoms with Crippen LogP contribution in [0.2, 0.25) is 0 Å². The van der Waals surface area contributed by atoms with E-state index in [4.69, 9.17) is 5.73 Å². The van der Waals surface area contributed by atoms with Crippen molar-refractivity contribution in [3.8, 4) is 0 Å². The number of thioether (sulfide) groups is 1. The summed E-state index contributed by atoms with van der Waals surface area (Å²) < 4.78 is 15.3. The molecular weight excluding hydrogens is 293 g/mol. The maximum absolute atomic E-state index is 13.2. The van der Waals surface area contributed by atoms with E-state index in [0.29, 0.717) is 0 Å². The molecule has 20 heavy (non-hydrogen) atoms. The monoisotopic (exact) mass is 307 g/mol. The summed E-state index contributed by atoms with van der Waals surface area (Å²) in [5.74, 6) is -0.200. The Labute approximate surface area is 126 Å². The van der Waals surface area contributed by atoms with Crippen LogP contribution in [0.5, 0.6) is 0 Å². The fraction of sp³-hybridized carbons (Fsp3) is 0.214. The molecule has 0 radical (unpaired) electrons. The summed E-state index contributed by atoms with van der Waals surface area (Å²) in [4.78, 5) is 5.39. The van der Waals surface area contributed by atoms with Gasteiger partial charge in [-0.25, -0.2) is 4.39 Å². The molecule has 2 aliphatic rings. The Morgan fingerprint density at radius 2 is 2.35 bits per heavy atom. The second-order valence-electron chi connectivity index (χ2n) is 4.49. The predicted molar refractivity (Wildman–Crippen MR) is 84.5 cm³/mol. The number of hydrogen-bond donors (Lipinski definition) is 1. The van der Waals surface area contributed by atoms with Gasteiger partial charge in [-0.05, 0) is 42.6 Å². The highest BCUT2D eigenvalue weighted by atomic mass is 32.2. The molecule has 0 saturated heterocycles. The van der Waals surface area contributed by atoms with Crippen LogP contribution >= 0.6 is 23.7 Å². The average Bonchev–Trinajstić information content (AvgIpc) is 2.78. The molecule has 0 aromatic heterocycles. The number of allylic oxidation sites excluding steroid dienone is 2. The zero-order chi connectivity index (χ0) is 14.1. The Morgan fingerprint density at radius 3 is 3.15 bits per heavy atom. The van der Waals surface area contributed by atoms with Crippen LogP contribution in [-0.2, 0) is 0 Å². The molecule has 0 fully saturated rings. The van der Waals surface area contributed by atoms with Gasteiger partial charge in [0.2, 0.25) is 0 Å². The van der Waals surface area contributed by atoms with E-state index >= 15 is 0 Å². The van der Waals surface area contributed by atoms with Crippen molar-refractivity contribution in [1.82, 2.24) is 4.31 Å². The van der Waals surface area contributed by atoms with E-state index in [-0.39, 0.29) is 16.6 Å². The second-order valence-corrected chi connectivity index (χ2v) is 6.99. The summed E-state index contributed by atoms with van der Waals surface area (Å²) >= 11 is 3.17. The first kappa shape index (κ1) is 13.7. The number of rotatable bonds is 3. The van der Waals surface area contributed by atoms with Gasteiger partial charge in [-0.1, -0.05) is 23.9 Å². The largest absolute Gasteiger partial charge is 0.301 e. The van der Waals surface area contributed by atoms with Gasteiger partial charge in [0.15, 0.2) is 0 Å². The fourth-order valence-corrected chi connectivity index (χ4v) is 3.85. The number of aliphatic imine (C=N–C) groups is 1. The van der Waals surface area contributed by atoms with Gasteiger partial charge in [0.1, 0.15) is 11.3 Å². The van der Waals surface area contributed by atoms with Crippen LogP contribution < -0.4 is 5.73 Å². The van der Waals surface area contributed by atoms with E-state index in [2.05, 4.69) is 11.9 Å². The number of nitrogens with zero attached hydrogens (tertiary/aromatic N) is 2. The minimum Gasteiger partial charge on any atom is -0.301 e. The summed E-state index contributed by atoms with van der Waals surface area (Å²) in [6, 6.07) is 6.71. The van der Waals surface area contributed by atoms with Crippen molar-refractivity contribution in [2.75, 3.05) is 0 Å². The van der Waals surface area contributed by atoms with Crippen molar-refractivity contribution >= 4 is 29.4 Å². The first-order valence-corrected chi connectivity index (χ1v) is 7.94. The zero-order valence-electron chi connectivity index (χ0n) is 10.9. The van der Waals surface area contributed by atoms with Gasteiger partial charge in [0, 0.05) is 17.6 Å². The molecule has 2 heterocycles. The summed E-state index contributed by atoms with van der Waals surface area (Å²) in [5.41, 5.74) is 7.49. The Bertz CT molecular complexity index is 612. The van der Waals surface area contributed by atoms with Crippen molar-refractivity contribution in [3.05, 3.63) is 59.0 Å². The molecule has 1 unspecified atom stereocenters. The first-order valence-electron chi connectivity index (χ1n) is 6.23. The molecule has 104 valence electrons. The van der Waals surface area contributed by atoms with Crippen molar-refractivity contribution in [2.45, 2.75) is 17.7 Å². The molecule has 2 N–H and O–H groups in total. The lowest BCUT2D eigenvalue weighted by Crippen LogP contribution is -2.09. The molecular formula is C14H14FN3S2. The average molecular weight is 307 g/mol. The number of fused-ring (bicyclic) bond motifs is 1. The van der Waals surface area contributed by atoms with Crippen LogP contribution in [-0.4, -0.2) is 15.5 Å². The van der Waals surface area contributed by atoms with Crippen LogP contribution in [0.25, 0.3) is 0 Å². The molecule has 0 aliphatic carbocycles. The highest BCUT2D eigenvalue weighted by molar-refractivity contribution is 8.05. The zero-order valence-corrected chi connectivity index (χ0v) is 12.5. The number of nitrogens with two attached hydrogens (primary N) is 1. The van der Waals surface area contributed by atoms with Crippen LogP contribution in [0.1, 0.15) is 17.7 Å². The van der Waals surface area contributed by atoms with Crippen LogP contribution in [0.4, 0.5) is 4.39 Å². The van der Waals surface area contributed by atoms with Crippen molar-refractivity contribution in [2.24, 2.45) is 10.7 Å². The van der Waals surface area contributed by atoms with Crippen molar-refractivity contribution in [1.29, 1.82) is 0 Å². The molecule has 2 atom stereocenters. The number of benzene rings is 1. The second kappa shape index (κ2) is 5.63. The van der Waals surface area contributed by atoms with E-state index in [1.165, 1.54) is 6.07 Å². The molecule has 0 spiro atoms. The Morgan fingerprint density at radius 1 is 1.50 bits per heavy atom. The molecule has 0 saturated carbocycles. The van der Waals surface area contributed by atoms with Crippen LogP contribution in [0.15, 0.2) is 52.6 Å². The first-order chi connectivity index (χ1) is 9.61. The van der Waals surface area contributed by atoms with E-state index in [1.807, 2.05) is 28.8 Å². The molecule has 3 rings (SSSR count). The standard InChI is InChI=1S/C14H14FN3S2/c1-9(10-3-2-4-11(15)7-10)20-18-6-5-12-13(8-18)19-14(16)17-12/h2-9,14H,16H2,1H3/t9-,14?/m0/s1. The third kappa shape index (κ3) is 2.92. The maximum Gasteiger partial charge on any atom is 0.149 e. The van der Waals surface area contributed by atoms with E-state index in [9.17, 15) is 4.39 Å². The third-order valence-corrected chi connectivity index (χ3v) is 4.96. The fourth-order valence-electron chi connectivity index (χ4n) is 2.01. The highest BCUT2D eigenvalue weighted by Gasteiger charge is 2.23. The smallest absolute Gasteiger partial charge is 0.149 e. The lowest BCUT2D eigenvalue weighted by Gasteiger charge is -2.22. The quantitative estimate of drug-likeness (QED) is 0.866. The molecule has 0 amide bonds. The molecule has 6 heteroatoms. The van der Waals surface area contributed by atoms with Crippen LogP contribution in [0, 0.1) is 5.82 Å². The highest BCUT2D eigenvalue weighted by Crippen LogP contribution is 2.37. The molecule has 3 nitrogen and oxygen atoms in total. The summed E-state index contributed by atoms with van der Waals surface area (Å²) in [5, 5.41) is 0.158. The predicted octanol–water partition coefficient (Wildman–Crippen LogP) is 3.64. The SMILES string of the molecule is C[C@H](SN1C=CC2=NC(N)SC2=C1)c1cccc(F)c1. The van der Waals surface area contributed by atoms with E-state index in [0.717, 1.165) is 16.2 Å². The van der Waals surface area contributed by atoms with Crippen LogP contribution in [0.3, 0.4) is 0 Å². The number of halogens is 1. The summed E-state index contributed by atoms with van der Waals surface area (Å²) in [7, 11) is 0. The lowest BCUT2D eigenvalue weighted by molar-refractivity contribution is 0.625. The van der Waals surface area contributed by atoms with Gasteiger partial charge in [-0.3, -0.25) is 9.30 Å². The molecule has 1 aromatic rings. The van der Waals surface area contributed by atoms with Gasteiger partial charge in [0.25, 0.3) is 0 Å². The van der Waals surface area contributed by atoms with Gasteiger partial charge in [-0.2, -0.15) is 0 Å². The normalized spacial score (nSPS) is 22.4. The Kier molecular flexibility index (Phi) is 3.87. The topological polar surface area (TPSA) is 41.6 Å². The molecule has 1 aromatic carbocycles. The maximum atomic E-state index is 13.2.